The second kappa shape index (κ2) is 7.78. The van der Waals surface area contributed by atoms with Gasteiger partial charge in [-0.25, -0.2) is 0 Å². The number of carbonyl (C=O) groups is 1. The summed E-state index contributed by atoms with van der Waals surface area (Å²) in [5, 5.41) is 13.0. The number of nitriles is 1. The summed E-state index contributed by atoms with van der Waals surface area (Å²) in [5.74, 6) is -0.287. The molecule has 0 saturated carbocycles. The zero-order valence-electron chi connectivity index (χ0n) is 16.0. The van der Waals surface area contributed by atoms with Crippen molar-refractivity contribution in [2.75, 3.05) is 36.5 Å². The lowest BCUT2D eigenvalue weighted by Crippen LogP contribution is -2.37. The number of carbonyl (C=O) groups excluding carboxylic acids is 1. The number of H-pyrrole nitrogens is 1. The van der Waals surface area contributed by atoms with E-state index < -0.39 is 0 Å². The van der Waals surface area contributed by atoms with E-state index in [4.69, 9.17) is 4.74 Å². The van der Waals surface area contributed by atoms with Crippen LogP contribution in [0, 0.1) is 18.3 Å². The molecule has 7 heteroatoms. The molecule has 4 rings (SSSR count). The summed E-state index contributed by atoms with van der Waals surface area (Å²) in [5.41, 5.74) is 3.67. The Balaban J connectivity index is 1.68. The lowest BCUT2D eigenvalue weighted by atomic mass is 10.1. The van der Waals surface area contributed by atoms with E-state index in [1.54, 1.807) is 24.3 Å². The van der Waals surface area contributed by atoms with Gasteiger partial charge in [0.2, 0.25) is 5.56 Å². The number of anilines is 2. The van der Waals surface area contributed by atoms with Crippen LogP contribution in [0.15, 0.2) is 47.3 Å². The second-order valence-electron chi connectivity index (χ2n) is 6.97. The fraction of sp³-hybridized carbons (Fsp3) is 0.227. The number of benzene rings is 2. The van der Waals surface area contributed by atoms with E-state index in [0.29, 0.717) is 48.6 Å². The number of nitrogens with one attached hydrogen (secondary N) is 2. The van der Waals surface area contributed by atoms with Crippen molar-refractivity contribution in [3.05, 3.63) is 69.5 Å². The normalized spacial score (nSPS) is 13.9. The third-order valence-electron chi connectivity index (χ3n) is 5.03. The van der Waals surface area contributed by atoms with E-state index in [9.17, 15) is 14.9 Å². The Morgan fingerprint density at radius 1 is 1.17 bits per heavy atom. The van der Waals surface area contributed by atoms with Gasteiger partial charge in [-0.05, 0) is 48.9 Å². The minimum atomic E-state index is -0.287. The highest BCUT2D eigenvalue weighted by molar-refractivity contribution is 6.09. The van der Waals surface area contributed by atoms with E-state index in [-0.39, 0.29) is 11.5 Å². The largest absolute Gasteiger partial charge is 0.378 e. The number of rotatable bonds is 3. The third-order valence-corrected chi connectivity index (χ3v) is 5.03. The molecule has 1 saturated heterocycles. The molecule has 1 fully saturated rings. The molecule has 0 radical (unpaired) electrons. The number of fused-ring (bicyclic) bond motifs is 1. The smallest absolute Gasteiger partial charge is 0.257 e. The molecule has 0 bridgehead atoms. The van der Waals surface area contributed by atoms with Gasteiger partial charge in [0.25, 0.3) is 5.91 Å². The summed E-state index contributed by atoms with van der Waals surface area (Å²) in [6, 6.07) is 14.1. The number of hydrogen-bond acceptors (Lipinski definition) is 5. The van der Waals surface area contributed by atoms with E-state index in [1.807, 2.05) is 19.1 Å². The third kappa shape index (κ3) is 3.84. The van der Waals surface area contributed by atoms with Crippen molar-refractivity contribution in [2.24, 2.45) is 0 Å². The van der Waals surface area contributed by atoms with E-state index in [0.717, 1.165) is 16.6 Å². The standard InChI is InChI=1S/C22H20N4O3/c1-14-10-21(27)25-19-4-3-16(12-17(14)19)24-22(28)18-11-15(13-23)2-5-20(18)26-6-8-29-9-7-26/h2-5,10-12H,6-9H2,1H3,(H,24,28)(H,25,27). The van der Waals surface area contributed by atoms with Crippen LogP contribution in [0.3, 0.4) is 0 Å². The van der Waals surface area contributed by atoms with Gasteiger partial charge in [-0.2, -0.15) is 5.26 Å². The average molecular weight is 388 g/mol. The zero-order valence-corrected chi connectivity index (χ0v) is 16.0. The molecule has 1 aromatic heterocycles. The van der Waals surface area contributed by atoms with Crippen LogP contribution < -0.4 is 15.8 Å². The monoisotopic (exact) mass is 388 g/mol. The van der Waals surface area contributed by atoms with Gasteiger partial charge in [-0.3, -0.25) is 9.59 Å². The van der Waals surface area contributed by atoms with Crippen molar-refractivity contribution < 1.29 is 9.53 Å². The number of nitrogens with zero attached hydrogens (tertiary/aromatic N) is 2. The Bertz CT molecular complexity index is 1190. The molecule has 0 aliphatic carbocycles. The number of ether oxygens (including phenoxy) is 1. The van der Waals surface area contributed by atoms with Crippen LogP contribution in [-0.4, -0.2) is 37.2 Å². The fourth-order valence-electron chi connectivity index (χ4n) is 3.57. The van der Waals surface area contributed by atoms with Crippen LogP contribution in [0.25, 0.3) is 10.9 Å². The number of aromatic nitrogens is 1. The molecule has 146 valence electrons. The number of aromatic amines is 1. The first-order valence-corrected chi connectivity index (χ1v) is 9.37. The highest BCUT2D eigenvalue weighted by atomic mass is 16.5. The molecule has 3 aromatic rings. The Kier molecular flexibility index (Phi) is 5.02. The number of pyridine rings is 1. The fourth-order valence-corrected chi connectivity index (χ4v) is 3.57. The number of morpholine rings is 1. The highest BCUT2D eigenvalue weighted by Gasteiger charge is 2.20. The number of amides is 1. The summed E-state index contributed by atoms with van der Waals surface area (Å²) < 4.78 is 5.40. The van der Waals surface area contributed by atoms with Crippen LogP contribution >= 0.6 is 0 Å². The van der Waals surface area contributed by atoms with E-state index in [2.05, 4.69) is 21.3 Å². The lowest BCUT2D eigenvalue weighted by Gasteiger charge is -2.30. The summed E-state index contributed by atoms with van der Waals surface area (Å²) >= 11 is 0. The van der Waals surface area contributed by atoms with Gasteiger partial charge in [0, 0.05) is 41.4 Å². The Morgan fingerprint density at radius 2 is 1.97 bits per heavy atom. The average Bonchev–Trinajstić information content (AvgIpc) is 2.74. The maximum Gasteiger partial charge on any atom is 0.257 e. The summed E-state index contributed by atoms with van der Waals surface area (Å²) in [4.78, 5) is 29.6. The Morgan fingerprint density at radius 3 is 2.72 bits per heavy atom. The number of aryl methyl sites for hydroxylation is 1. The molecule has 0 spiro atoms. The SMILES string of the molecule is Cc1cc(=O)[nH]c2ccc(NC(=O)c3cc(C#N)ccc3N3CCOCC3)cc12. The van der Waals surface area contributed by atoms with Crippen molar-refractivity contribution in [3.8, 4) is 6.07 Å². The van der Waals surface area contributed by atoms with E-state index in [1.165, 1.54) is 6.07 Å². The molecule has 1 aliphatic rings. The van der Waals surface area contributed by atoms with Crippen LogP contribution in [0.5, 0.6) is 0 Å². The first-order valence-electron chi connectivity index (χ1n) is 9.37. The molecular formula is C22H20N4O3. The van der Waals surface area contributed by atoms with Crippen LogP contribution in [0.2, 0.25) is 0 Å². The predicted molar refractivity (Wildman–Crippen MR) is 111 cm³/mol. The van der Waals surface area contributed by atoms with Crippen molar-refractivity contribution in [1.29, 1.82) is 5.26 Å². The molecule has 0 atom stereocenters. The van der Waals surface area contributed by atoms with Gasteiger partial charge in [0.05, 0.1) is 30.4 Å². The van der Waals surface area contributed by atoms with Crippen LogP contribution in [0.4, 0.5) is 11.4 Å². The lowest BCUT2D eigenvalue weighted by molar-refractivity contribution is 0.102. The molecule has 2 aromatic carbocycles. The number of hydrogen-bond donors (Lipinski definition) is 2. The first-order chi connectivity index (χ1) is 14.0. The van der Waals surface area contributed by atoms with Gasteiger partial charge in [-0.15, -0.1) is 0 Å². The zero-order chi connectivity index (χ0) is 20.4. The predicted octanol–water partition coefficient (Wildman–Crippen LogP) is 2.80. The topological polar surface area (TPSA) is 98.2 Å². The van der Waals surface area contributed by atoms with Crippen molar-refractivity contribution >= 4 is 28.2 Å². The summed E-state index contributed by atoms with van der Waals surface area (Å²) in [7, 11) is 0. The van der Waals surface area contributed by atoms with Gasteiger partial charge in [0.15, 0.2) is 0 Å². The van der Waals surface area contributed by atoms with Crippen LogP contribution in [0.1, 0.15) is 21.5 Å². The minimum absolute atomic E-state index is 0.157. The molecule has 29 heavy (non-hydrogen) atoms. The maximum absolute atomic E-state index is 13.1. The quantitative estimate of drug-likeness (QED) is 0.719. The van der Waals surface area contributed by atoms with Gasteiger partial charge < -0.3 is 19.9 Å². The highest BCUT2D eigenvalue weighted by Crippen LogP contribution is 2.25. The molecule has 2 heterocycles. The first kappa shape index (κ1) is 18.7. The van der Waals surface area contributed by atoms with Gasteiger partial charge >= 0.3 is 0 Å². The molecule has 2 N–H and O–H groups in total. The Hall–Kier alpha value is -3.63. The Labute approximate surface area is 167 Å². The molecular weight excluding hydrogens is 368 g/mol. The van der Waals surface area contributed by atoms with Crippen molar-refractivity contribution in [1.82, 2.24) is 4.98 Å². The second-order valence-corrected chi connectivity index (χ2v) is 6.97. The molecule has 1 amide bonds. The van der Waals surface area contributed by atoms with Gasteiger partial charge in [0.1, 0.15) is 0 Å². The molecule has 0 unspecified atom stereocenters. The van der Waals surface area contributed by atoms with E-state index >= 15 is 0 Å². The molecule has 7 nitrogen and oxygen atoms in total. The van der Waals surface area contributed by atoms with Gasteiger partial charge in [-0.1, -0.05) is 0 Å². The van der Waals surface area contributed by atoms with Crippen molar-refractivity contribution in [3.63, 3.8) is 0 Å². The molecule has 1 aliphatic heterocycles. The minimum Gasteiger partial charge on any atom is -0.378 e. The summed E-state index contributed by atoms with van der Waals surface area (Å²) in [6.07, 6.45) is 0. The maximum atomic E-state index is 13.1. The van der Waals surface area contributed by atoms with Crippen molar-refractivity contribution in [2.45, 2.75) is 6.92 Å². The van der Waals surface area contributed by atoms with Crippen LogP contribution in [-0.2, 0) is 4.74 Å². The summed E-state index contributed by atoms with van der Waals surface area (Å²) in [6.45, 7) is 4.44.